The number of aliphatic hydroxyl groups is 1. The highest BCUT2D eigenvalue weighted by Gasteiger charge is 2.19. The second-order valence-electron chi connectivity index (χ2n) is 4.91. The number of benzene rings is 1. The van der Waals surface area contributed by atoms with Crippen LogP contribution >= 0.6 is 11.3 Å². The van der Waals surface area contributed by atoms with Crippen LogP contribution < -0.4 is 9.47 Å². The van der Waals surface area contributed by atoms with E-state index in [0.717, 1.165) is 21.1 Å². The number of rotatable bonds is 6. The zero-order chi connectivity index (χ0) is 15.4. The van der Waals surface area contributed by atoms with E-state index >= 15 is 0 Å². The molecule has 5 heteroatoms. The van der Waals surface area contributed by atoms with Crippen molar-refractivity contribution in [3.05, 3.63) is 28.8 Å². The lowest BCUT2D eigenvalue weighted by Gasteiger charge is -2.12. The van der Waals surface area contributed by atoms with E-state index in [0.29, 0.717) is 18.1 Å². The normalized spacial score (nSPS) is 11.0. The second-order valence-corrected chi connectivity index (χ2v) is 5.99. The van der Waals surface area contributed by atoms with Gasteiger partial charge in [0.1, 0.15) is 5.01 Å². The summed E-state index contributed by atoms with van der Waals surface area (Å²) in [6.45, 7) is 6.67. The third kappa shape index (κ3) is 3.19. The number of hydrogen-bond donors (Lipinski definition) is 1. The van der Waals surface area contributed by atoms with Gasteiger partial charge in [0.05, 0.1) is 36.5 Å². The highest BCUT2D eigenvalue weighted by molar-refractivity contribution is 7.15. The van der Waals surface area contributed by atoms with Crippen LogP contribution in [0, 0.1) is 0 Å². The number of nitrogens with zero attached hydrogens (tertiary/aromatic N) is 1. The summed E-state index contributed by atoms with van der Waals surface area (Å²) in [6, 6.07) is 5.77. The summed E-state index contributed by atoms with van der Waals surface area (Å²) < 4.78 is 11.1. The fourth-order valence-corrected chi connectivity index (χ4v) is 3.28. The van der Waals surface area contributed by atoms with Crippen molar-refractivity contribution in [2.24, 2.45) is 0 Å². The van der Waals surface area contributed by atoms with Gasteiger partial charge in [-0.3, -0.25) is 0 Å². The van der Waals surface area contributed by atoms with Gasteiger partial charge < -0.3 is 14.6 Å². The van der Waals surface area contributed by atoms with E-state index < -0.39 is 0 Å². The number of thiazole rings is 1. The predicted molar refractivity (Wildman–Crippen MR) is 85.3 cm³/mol. The number of hydrogen-bond acceptors (Lipinski definition) is 5. The van der Waals surface area contributed by atoms with Gasteiger partial charge >= 0.3 is 0 Å². The van der Waals surface area contributed by atoms with Crippen molar-refractivity contribution < 1.29 is 14.6 Å². The molecule has 21 heavy (non-hydrogen) atoms. The molecular weight excluding hydrogens is 286 g/mol. The molecule has 0 spiro atoms. The topological polar surface area (TPSA) is 51.6 Å². The largest absolute Gasteiger partial charge is 0.493 e. The SMILES string of the molecule is CCOc1c(OC)cccc1-c1nc(C(C)C)c(CO)s1. The number of aliphatic hydroxyl groups excluding tert-OH is 1. The smallest absolute Gasteiger partial charge is 0.171 e. The Morgan fingerprint density at radius 3 is 2.62 bits per heavy atom. The van der Waals surface area contributed by atoms with E-state index in [2.05, 4.69) is 13.8 Å². The second kappa shape index (κ2) is 6.91. The van der Waals surface area contributed by atoms with Gasteiger partial charge in [-0.05, 0) is 25.0 Å². The summed E-state index contributed by atoms with van der Waals surface area (Å²) in [6.07, 6.45) is 0. The molecule has 2 rings (SSSR count). The molecule has 0 radical (unpaired) electrons. The molecule has 1 aromatic heterocycles. The Hall–Kier alpha value is -1.59. The number of aromatic nitrogens is 1. The molecule has 0 atom stereocenters. The predicted octanol–water partition coefficient (Wildman–Crippen LogP) is 3.83. The Balaban J connectivity index is 2.56. The summed E-state index contributed by atoms with van der Waals surface area (Å²) in [5.74, 6) is 1.68. The summed E-state index contributed by atoms with van der Waals surface area (Å²) in [5, 5.41) is 10.4. The maximum Gasteiger partial charge on any atom is 0.171 e. The minimum Gasteiger partial charge on any atom is -0.493 e. The maximum atomic E-state index is 9.52. The van der Waals surface area contributed by atoms with E-state index in [1.807, 2.05) is 25.1 Å². The molecule has 0 amide bonds. The van der Waals surface area contributed by atoms with E-state index in [-0.39, 0.29) is 12.5 Å². The van der Waals surface area contributed by atoms with Crippen LogP contribution in [0.25, 0.3) is 10.6 Å². The highest BCUT2D eigenvalue weighted by atomic mass is 32.1. The van der Waals surface area contributed by atoms with Crippen molar-refractivity contribution in [2.45, 2.75) is 33.3 Å². The number of ether oxygens (including phenoxy) is 2. The number of para-hydroxylation sites is 1. The van der Waals surface area contributed by atoms with Gasteiger partial charge in [0.2, 0.25) is 0 Å². The van der Waals surface area contributed by atoms with Gasteiger partial charge in [0.25, 0.3) is 0 Å². The van der Waals surface area contributed by atoms with Gasteiger partial charge in [-0.25, -0.2) is 4.98 Å². The maximum absolute atomic E-state index is 9.52. The van der Waals surface area contributed by atoms with Gasteiger partial charge in [-0.2, -0.15) is 0 Å². The van der Waals surface area contributed by atoms with Crippen LogP contribution in [0.2, 0.25) is 0 Å². The van der Waals surface area contributed by atoms with Gasteiger partial charge in [-0.1, -0.05) is 19.9 Å². The molecule has 1 heterocycles. The molecule has 0 unspecified atom stereocenters. The quantitative estimate of drug-likeness (QED) is 0.881. The zero-order valence-corrected chi connectivity index (χ0v) is 13.7. The summed E-state index contributed by atoms with van der Waals surface area (Å²) in [4.78, 5) is 5.60. The molecule has 1 N–H and O–H groups in total. The zero-order valence-electron chi connectivity index (χ0n) is 12.8. The van der Waals surface area contributed by atoms with E-state index in [9.17, 15) is 5.11 Å². The minimum absolute atomic E-state index is 0.0130. The van der Waals surface area contributed by atoms with Crippen LogP contribution in [0.5, 0.6) is 11.5 Å². The molecule has 0 saturated heterocycles. The van der Waals surface area contributed by atoms with Crippen molar-refractivity contribution in [2.75, 3.05) is 13.7 Å². The monoisotopic (exact) mass is 307 g/mol. The first kappa shape index (κ1) is 15.8. The van der Waals surface area contributed by atoms with E-state index in [1.54, 1.807) is 7.11 Å². The molecule has 0 bridgehead atoms. The van der Waals surface area contributed by atoms with Crippen molar-refractivity contribution in [3.8, 4) is 22.1 Å². The Labute approximate surface area is 129 Å². The minimum atomic E-state index is 0.0130. The first-order valence-electron chi connectivity index (χ1n) is 7.02. The van der Waals surface area contributed by atoms with Gasteiger partial charge in [0, 0.05) is 0 Å². The van der Waals surface area contributed by atoms with Crippen LogP contribution in [0.4, 0.5) is 0 Å². The Bertz CT molecular complexity index is 608. The Morgan fingerprint density at radius 2 is 2.10 bits per heavy atom. The third-order valence-corrected chi connectivity index (χ3v) is 4.23. The van der Waals surface area contributed by atoms with Crippen LogP contribution in [-0.4, -0.2) is 23.8 Å². The fraction of sp³-hybridized carbons (Fsp3) is 0.438. The molecule has 0 aliphatic rings. The Kier molecular flexibility index (Phi) is 5.20. The molecule has 4 nitrogen and oxygen atoms in total. The van der Waals surface area contributed by atoms with Crippen LogP contribution in [0.1, 0.15) is 37.3 Å². The van der Waals surface area contributed by atoms with E-state index in [1.165, 1.54) is 11.3 Å². The van der Waals surface area contributed by atoms with Crippen molar-refractivity contribution >= 4 is 11.3 Å². The van der Waals surface area contributed by atoms with Crippen LogP contribution in [-0.2, 0) is 6.61 Å². The molecule has 0 aliphatic carbocycles. The van der Waals surface area contributed by atoms with Crippen molar-refractivity contribution in [1.29, 1.82) is 0 Å². The summed E-state index contributed by atoms with van der Waals surface area (Å²) in [7, 11) is 1.63. The first-order chi connectivity index (χ1) is 10.1. The average Bonchev–Trinajstić information content (AvgIpc) is 2.92. The molecular formula is C16H21NO3S. The Morgan fingerprint density at radius 1 is 1.33 bits per heavy atom. The van der Waals surface area contributed by atoms with Gasteiger partial charge in [0.15, 0.2) is 11.5 Å². The van der Waals surface area contributed by atoms with Gasteiger partial charge in [-0.15, -0.1) is 11.3 Å². The molecule has 0 saturated carbocycles. The first-order valence-corrected chi connectivity index (χ1v) is 7.84. The average molecular weight is 307 g/mol. The van der Waals surface area contributed by atoms with Crippen LogP contribution in [0.15, 0.2) is 18.2 Å². The molecule has 0 fully saturated rings. The highest BCUT2D eigenvalue weighted by Crippen LogP contribution is 2.41. The van der Waals surface area contributed by atoms with Crippen LogP contribution in [0.3, 0.4) is 0 Å². The summed E-state index contributed by atoms with van der Waals surface area (Å²) >= 11 is 1.50. The van der Waals surface area contributed by atoms with E-state index in [4.69, 9.17) is 14.5 Å². The fourth-order valence-electron chi connectivity index (χ4n) is 2.18. The molecule has 2 aromatic rings. The lowest BCUT2D eigenvalue weighted by atomic mass is 10.1. The molecule has 114 valence electrons. The molecule has 1 aromatic carbocycles. The standard InChI is InChI=1S/C16H21NO3S/c1-5-20-15-11(7-6-8-12(15)19-4)16-17-14(10(2)3)13(9-18)21-16/h6-8,10,18H,5,9H2,1-4H3. The van der Waals surface area contributed by atoms with Crippen molar-refractivity contribution in [3.63, 3.8) is 0 Å². The van der Waals surface area contributed by atoms with Crippen molar-refractivity contribution in [1.82, 2.24) is 4.98 Å². The number of methoxy groups -OCH3 is 1. The molecule has 0 aliphatic heterocycles. The summed E-state index contributed by atoms with van der Waals surface area (Å²) in [5.41, 5.74) is 1.85. The third-order valence-electron chi connectivity index (χ3n) is 3.14. The lowest BCUT2D eigenvalue weighted by molar-refractivity contribution is 0.283. The lowest BCUT2D eigenvalue weighted by Crippen LogP contribution is -1.98.